The SMILES string of the molecule is [O-]C(OO)c1ccccc1. The highest BCUT2D eigenvalue weighted by Crippen LogP contribution is 2.07. The second-order valence-electron chi connectivity index (χ2n) is 1.85. The Balaban J connectivity index is 2.75. The Labute approximate surface area is 58.4 Å². The summed E-state index contributed by atoms with van der Waals surface area (Å²) < 4.78 is 0. The van der Waals surface area contributed by atoms with E-state index in [2.05, 4.69) is 4.89 Å². The largest absolute Gasteiger partial charge is 0.825 e. The monoisotopic (exact) mass is 139 g/mol. The van der Waals surface area contributed by atoms with E-state index in [1.165, 1.54) is 0 Å². The van der Waals surface area contributed by atoms with E-state index in [1.54, 1.807) is 30.3 Å². The molecular weight excluding hydrogens is 132 g/mol. The Morgan fingerprint density at radius 3 is 2.40 bits per heavy atom. The highest BCUT2D eigenvalue weighted by atomic mass is 17.1. The van der Waals surface area contributed by atoms with Crippen molar-refractivity contribution in [2.75, 3.05) is 0 Å². The third-order valence-electron chi connectivity index (χ3n) is 1.17. The van der Waals surface area contributed by atoms with E-state index < -0.39 is 6.29 Å². The minimum Gasteiger partial charge on any atom is -0.825 e. The van der Waals surface area contributed by atoms with Gasteiger partial charge in [-0.3, -0.25) is 5.26 Å². The molecule has 10 heavy (non-hydrogen) atoms. The Kier molecular flexibility index (Phi) is 2.39. The van der Waals surface area contributed by atoms with Crippen LogP contribution in [0.5, 0.6) is 0 Å². The van der Waals surface area contributed by atoms with Gasteiger partial charge in [-0.2, -0.15) is 0 Å². The van der Waals surface area contributed by atoms with Gasteiger partial charge in [0.2, 0.25) is 0 Å². The van der Waals surface area contributed by atoms with Crippen molar-refractivity contribution in [1.82, 2.24) is 0 Å². The van der Waals surface area contributed by atoms with Crippen LogP contribution in [-0.2, 0) is 4.89 Å². The average molecular weight is 139 g/mol. The minimum atomic E-state index is -1.48. The summed E-state index contributed by atoms with van der Waals surface area (Å²) in [5.74, 6) is 0. The second-order valence-corrected chi connectivity index (χ2v) is 1.85. The molecule has 0 aliphatic rings. The van der Waals surface area contributed by atoms with Crippen molar-refractivity contribution >= 4 is 0 Å². The van der Waals surface area contributed by atoms with Gasteiger partial charge in [-0.1, -0.05) is 30.3 Å². The Morgan fingerprint density at radius 2 is 1.90 bits per heavy atom. The van der Waals surface area contributed by atoms with Gasteiger partial charge < -0.3 is 5.11 Å². The van der Waals surface area contributed by atoms with Gasteiger partial charge in [0, 0.05) is 6.29 Å². The van der Waals surface area contributed by atoms with E-state index in [1.807, 2.05) is 0 Å². The molecule has 1 rings (SSSR count). The number of hydrogen-bond acceptors (Lipinski definition) is 3. The van der Waals surface area contributed by atoms with Gasteiger partial charge in [-0.05, 0) is 5.56 Å². The lowest BCUT2D eigenvalue weighted by Gasteiger charge is -2.17. The van der Waals surface area contributed by atoms with Gasteiger partial charge in [0.25, 0.3) is 0 Å². The highest BCUT2D eigenvalue weighted by Gasteiger charge is 1.93. The lowest BCUT2D eigenvalue weighted by molar-refractivity contribution is -0.559. The minimum absolute atomic E-state index is 0.421. The van der Waals surface area contributed by atoms with Crippen LogP contribution in [0, 0.1) is 0 Å². The molecule has 3 heteroatoms. The molecule has 3 nitrogen and oxygen atoms in total. The van der Waals surface area contributed by atoms with E-state index in [-0.39, 0.29) is 0 Å². The van der Waals surface area contributed by atoms with Crippen LogP contribution < -0.4 is 5.11 Å². The van der Waals surface area contributed by atoms with Crippen LogP contribution in [0.25, 0.3) is 0 Å². The smallest absolute Gasteiger partial charge is 0.0439 e. The van der Waals surface area contributed by atoms with Crippen molar-refractivity contribution < 1.29 is 15.3 Å². The van der Waals surface area contributed by atoms with Crippen molar-refractivity contribution in [2.45, 2.75) is 6.29 Å². The van der Waals surface area contributed by atoms with Crippen molar-refractivity contribution in [3.8, 4) is 0 Å². The van der Waals surface area contributed by atoms with Crippen molar-refractivity contribution in [1.29, 1.82) is 0 Å². The molecule has 0 saturated heterocycles. The first-order valence-corrected chi connectivity index (χ1v) is 2.85. The van der Waals surface area contributed by atoms with Crippen LogP contribution in [0.4, 0.5) is 0 Å². The highest BCUT2D eigenvalue weighted by molar-refractivity contribution is 5.14. The van der Waals surface area contributed by atoms with Crippen molar-refractivity contribution in [3.05, 3.63) is 35.9 Å². The van der Waals surface area contributed by atoms with E-state index in [0.717, 1.165) is 0 Å². The van der Waals surface area contributed by atoms with Crippen molar-refractivity contribution in [2.24, 2.45) is 0 Å². The molecule has 0 bridgehead atoms. The zero-order chi connectivity index (χ0) is 7.40. The maximum Gasteiger partial charge on any atom is 0.0439 e. The molecule has 1 aromatic carbocycles. The normalized spacial score (nSPS) is 13.0. The molecule has 1 unspecified atom stereocenters. The Morgan fingerprint density at radius 1 is 1.30 bits per heavy atom. The first-order valence-electron chi connectivity index (χ1n) is 2.85. The zero-order valence-electron chi connectivity index (χ0n) is 5.23. The van der Waals surface area contributed by atoms with E-state index in [4.69, 9.17) is 5.26 Å². The summed E-state index contributed by atoms with van der Waals surface area (Å²) in [4.78, 5) is 3.58. The fourth-order valence-electron chi connectivity index (χ4n) is 0.671. The first-order chi connectivity index (χ1) is 4.84. The molecule has 0 spiro atoms. The molecule has 54 valence electrons. The van der Waals surface area contributed by atoms with Crippen LogP contribution in [-0.4, -0.2) is 5.26 Å². The summed E-state index contributed by atoms with van der Waals surface area (Å²) in [5.41, 5.74) is 0.421. The summed E-state index contributed by atoms with van der Waals surface area (Å²) in [6.45, 7) is 0. The van der Waals surface area contributed by atoms with Gasteiger partial charge in [0.05, 0.1) is 0 Å². The molecule has 0 amide bonds. The van der Waals surface area contributed by atoms with Crippen LogP contribution in [0.1, 0.15) is 11.9 Å². The topological polar surface area (TPSA) is 52.5 Å². The van der Waals surface area contributed by atoms with Gasteiger partial charge in [-0.15, -0.1) is 0 Å². The molecule has 0 aliphatic carbocycles. The lowest BCUT2D eigenvalue weighted by atomic mass is 10.2. The van der Waals surface area contributed by atoms with E-state index in [0.29, 0.717) is 5.56 Å². The summed E-state index contributed by atoms with van der Waals surface area (Å²) in [6, 6.07) is 8.38. The zero-order valence-corrected chi connectivity index (χ0v) is 5.23. The van der Waals surface area contributed by atoms with Gasteiger partial charge in [-0.25, -0.2) is 4.89 Å². The van der Waals surface area contributed by atoms with Crippen LogP contribution in [0.15, 0.2) is 30.3 Å². The maximum absolute atomic E-state index is 10.6. The van der Waals surface area contributed by atoms with Gasteiger partial charge >= 0.3 is 0 Å². The fourth-order valence-corrected chi connectivity index (χ4v) is 0.671. The lowest BCUT2D eigenvalue weighted by Crippen LogP contribution is -2.16. The predicted octanol–water partition coefficient (Wildman–Crippen LogP) is 0.535. The number of rotatable bonds is 2. The van der Waals surface area contributed by atoms with E-state index >= 15 is 0 Å². The maximum atomic E-state index is 10.6. The molecule has 1 aromatic rings. The summed E-state index contributed by atoms with van der Waals surface area (Å²) in [5, 5.41) is 18.6. The number of benzene rings is 1. The Hall–Kier alpha value is -0.900. The van der Waals surface area contributed by atoms with E-state index in [9.17, 15) is 5.11 Å². The van der Waals surface area contributed by atoms with Crippen LogP contribution in [0.3, 0.4) is 0 Å². The molecule has 0 aromatic heterocycles. The standard InChI is InChI=1S/C7H7O3/c8-7(10-9)6-4-2-1-3-5-6/h1-5,7,9H/q-1. The molecular formula is C7H7O3-. The average Bonchev–Trinajstić information content (AvgIpc) is 2.05. The number of hydrogen-bond donors (Lipinski definition) is 1. The Bertz CT molecular complexity index is 185. The quantitative estimate of drug-likeness (QED) is 0.369. The van der Waals surface area contributed by atoms with Crippen LogP contribution >= 0.6 is 0 Å². The third-order valence-corrected chi connectivity index (χ3v) is 1.17. The second kappa shape index (κ2) is 3.31. The molecule has 0 aliphatic heterocycles. The van der Waals surface area contributed by atoms with Gasteiger partial charge in [0.1, 0.15) is 0 Å². The third kappa shape index (κ3) is 1.54. The first kappa shape index (κ1) is 7.21. The van der Waals surface area contributed by atoms with Crippen LogP contribution in [0.2, 0.25) is 0 Å². The predicted molar refractivity (Wildman–Crippen MR) is 32.9 cm³/mol. The molecule has 0 fully saturated rings. The molecule has 1 atom stereocenters. The van der Waals surface area contributed by atoms with Crippen molar-refractivity contribution in [3.63, 3.8) is 0 Å². The summed E-state index contributed by atoms with van der Waals surface area (Å²) in [7, 11) is 0. The van der Waals surface area contributed by atoms with Gasteiger partial charge in [0.15, 0.2) is 0 Å². The molecule has 0 radical (unpaired) electrons. The molecule has 1 N–H and O–H groups in total. The summed E-state index contributed by atoms with van der Waals surface area (Å²) in [6.07, 6.45) is -1.48. The molecule has 0 saturated carbocycles. The fraction of sp³-hybridized carbons (Fsp3) is 0.143. The summed E-state index contributed by atoms with van der Waals surface area (Å²) >= 11 is 0. The molecule has 0 heterocycles.